The molecule has 4 rings (SSSR count). The SMILES string of the molecule is CC(C)C[C@H](NC(=O)c1ccc2cc[nH]c2c1)C(=O)NC1CCCN(S(=O)(=O)c2ccccn2)CC1O. The fraction of sp³-hybridized carbons (Fsp3) is 0.423. The predicted octanol–water partition coefficient (Wildman–Crippen LogP) is 2.04. The van der Waals surface area contributed by atoms with Crippen LogP contribution in [0.5, 0.6) is 0 Å². The van der Waals surface area contributed by atoms with Crippen molar-refractivity contribution >= 4 is 32.7 Å². The van der Waals surface area contributed by atoms with Crippen LogP contribution in [0.4, 0.5) is 0 Å². The fourth-order valence-electron chi connectivity index (χ4n) is 4.54. The normalized spacial score (nSPS) is 19.9. The lowest BCUT2D eigenvalue weighted by molar-refractivity contribution is -0.125. The number of carbonyl (C=O) groups is 2. The van der Waals surface area contributed by atoms with Crippen LogP contribution in [0.2, 0.25) is 0 Å². The molecule has 11 heteroatoms. The van der Waals surface area contributed by atoms with Gasteiger partial charge in [0.1, 0.15) is 6.04 Å². The van der Waals surface area contributed by atoms with Gasteiger partial charge >= 0.3 is 0 Å². The maximum atomic E-state index is 13.3. The lowest BCUT2D eigenvalue weighted by atomic mass is 10.0. The van der Waals surface area contributed by atoms with Gasteiger partial charge in [0.15, 0.2) is 5.03 Å². The van der Waals surface area contributed by atoms with Gasteiger partial charge in [-0.05, 0) is 60.9 Å². The molecule has 1 fully saturated rings. The minimum absolute atomic E-state index is 0.0815. The topological polar surface area (TPSA) is 144 Å². The number of aliphatic hydroxyl groups is 1. The Kier molecular flexibility index (Phi) is 8.25. The number of nitrogens with one attached hydrogen (secondary N) is 3. The van der Waals surface area contributed by atoms with Crippen molar-refractivity contribution in [2.75, 3.05) is 13.1 Å². The zero-order chi connectivity index (χ0) is 26.6. The van der Waals surface area contributed by atoms with E-state index in [1.54, 1.807) is 30.5 Å². The lowest BCUT2D eigenvalue weighted by Crippen LogP contribution is -2.54. The molecule has 198 valence electrons. The molecular weight excluding hydrogens is 494 g/mol. The number of aromatic nitrogens is 2. The summed E-state index contributed by atoms with van der Waals surface area (Å²) in [5, 5.41) is 17.4. The summed E-state index contributed by atoms with van der Waals surface area (Å²) in [6, 6.07) is 10.4. The third kappa shape index (κ3) is 6.35. The average molecular weight is 528 g/mol. The standard InChI is InChI=1S/C26H33N5O5S/c1-17(2)14-22(30-25(33)19-9-8-18-10-12-27-21(18)15-19)26(34)29-20-6-5-13-31(16-23(20)32)37(35,36)24-7-3-4-11-28-24/h3-4,7-12,15,17,20,22-23,27,32H,5-6,13-14,16H2,1-2H3,(H,29,34)(H,30,33)/t20?,22-,23?/m0/s1. The highest BCUT2D eigenvalue weighted by molar-refractivity contribution is 7.89. The molecule has 4 N–H and O–H groups in total. The Morgan fingerprint density at radius 3 is 2.76 bits per heavy atom. The molecule has 1 aromatic carbocycles. The van der Waals surface area contributed by atoms with Crippen LogP contribution in [0.25, 0.3) is 10.9 Å². The quantitative estimate of drug-likeness (QED) is 0.353. The molecule has 1 aliphatic heterocycles. The van der Waals surface area contributed by atoms with Gasteiger partial charge in [0.05, 0.1) is 12.1 Å². The van der Waals surface area contributed by atoms with Gasteiger partial charge in [0.2, 0.25) is 5.91 Å². The molecule has 0 saturated carbocycles. The zero-order valence-electron chi connectivity index (χ0n) is 20.9. The molecule has 0 spiro atoms. The number of H-pyrrole nitrogens is 1. The number of pyridine rings is 1. The van der Waals surface area contributed by atoms with Crippen molar-refractivity contribution in [2.24, 2.45) is 5.92 Å². The van der Waals surface area contributed by atoms with Crippen LogP contribution in [-0.2, 0) is 14.8 Å². The minimum atomic E-state index is -3.87. The Labute approximate surface area is 216 Å². The monoisotopic (exact) mass is 527 g/mol. The van der Waals surface area contributed by atoms with E-state index in [4.69, 9.17) is 0 Å². The second-order valence-corrected chi connectivity index (χ2v) is 11.7. The van der Waals surface area contributed by atoms with E-state index in [0.29, 0.717) is 24.8 Å². The number of β-amino-alcohol motifs (C(OH)–C–C–N with tert-alkyl or cyclic N) is 1. The van der Waals surface area contributed by atoms with E-state index >= 15 is 0 Å². The first-order valence-corrected chi connectivity index (χ1v) is 13.9. The van der Waals surface area contributed by atoms with Gasteiger partial charge < -0.3 is 20.7 Å². The van der Waals surface area contributed by atoms with Crippen LogP contribution in [0.15, 0.2) is 59.9 Å². The van der Waals surface area contributed by atoms with Gasteiger partial charge in [0, 0.05) is 36.6 Å². The Bertz CT molecular complexity index is 1340. The smallest absolute Gasteiger partial charge is 0.260 e. The molecule has 3 aromatic rings. The highest BCUT2D eigenvalue weighted by Crippen LogP contribution is 2.20. The van der Waals surface area contributed by atoms with Crippen LogP contribution in [0.3, 0.4) is 0 Å². The van der Waals surface area contributed by atoms with Crippen molar-refractivity contribution in [2.45, 2.75) is 56.3 Å². The fourth-order valence-corrected chi connectivity index (χ4v) is 5.97. The molecule has 1 saturated heterocycles. The predicted molar refractivity (Wildman–Crippen MR) is 139 cm³/mol. The third-order valence-electron chi connectivity index (χ3n) is 6.49. The molecule has 2 unspecified atom stereocenters. The van der Waals surface area contributed by atoms with Gasteiger partial charge in [-0.1, -0.05) is 26.0 Å². The van der Waals surface area contributed by atoms with Crippen molar-refractivity contribution in [3.8, 4) is 0 Å². The molecule has 3 heterocycles. The van der Waals surface area contributed by atoms with Crippen molar-refractivity contribution in [1.29, 1.82) is 0 Å². The van der Waals surface area contributed by atoms with Gasteiger partial charge in [-0.25, -0.2) is 13.4 Å². The summed E-state index contributed by atoms with van der Waals surface area (Å²) in [4.78, 5) is 33.2. The van der Waals surface area contributed by atoms with Crippen LogP contribution in [-0.4, -0.2) is 70.9 Å². The second-order valence-electron chi connectivity index (χ2n) is 9.79. The highest BCUT2D eigenvalue weighted by atomic mass is 32.2. The number of hydrogen-bond acceptors (Lipinski definition) is 6. The molecule has 2 aromatic heterocycles. The van der Waals surface area contributed by atoms with E-state index in [-0.39, 0.29) is 29.9 Å². The first-order valence-electron chi connectivity index (χ1n) is 12.4. The van der Waals surface area contributed by atoms with Crippen molar-refractivity contribution < 1.29 is 23.1 Å². The Morgan fingerprint density at radius 1 is 1.22 bits per heavy atom. The van der Waals surface area contributed by atoms with Gasteiger partial charge in [-0.15, -0.1) is 0 Å². The molecule has 0 aliphatic carbocycles. The number of sulfonamides is 1. The summed E-state index contributed by atoms with van der Waals surface area (Å²) < 4.78 is 27.2. The Morgan fingerprint density at radius 2 is 2.03 bits per heavy atom. The number of aromatic amines is 1. The van der Waals surface area contributed by atoms with E-state index in [9.17, 15) is 23.1 Å². The van der Waals surface area contributed by atoms with Gasteiger partial charge in [-0.2, -0.15) is 4.31 Å². The van der Waals surface area contributed by atoms with Crippen molar-refractivity contribution in [3.63, 3.8) is 0 Å². The number of rotatable bonds is 8. The zero-order valence-corrected chi connectivity index (χ0v) is 21.7. The number of nitrogens with zero attached hydrogens (tertiary/aromatic N) is 2. The number of fused-ring (bicyclic) bond motifs is 1. The lowest BCUT2D eigenvalue weighted by Gasteiger charge is -2.27. The summed E-state index contributed by atoms with van der Waals surface area (Å²) in [5.41, 5.74) is 1.26. The molecule has 37 heavy (non-hydrogen) atoms. The Balaban J connectivity index is 1.43. The first-order chi connectivity index (χ1) is 17.6. The number of benzene rings is 1. The number of aliphatic hydroxyl groups excluding tert-OH is 1. The summed E-state index contributed by atoms with van der Waals surface area (Å²) in [7, 11) is -3.87. The molecule has 10 nitrogen and oxygen atoms in total. The molecule has 0 bridgehead atoms. The largest absolute Gasteiger partial charge is 0.390 e. The van der Waals surface area contributed by atoms with Crippen molar-refractivity contribution in [1.82, 2.24) is 24.9 Å². The van der Waals surface area contributed by atoms with Crippen LogP contribution >= 0.6 is 0 Å². The minimum Gasteiger partial charge on any atom is -0.390 e. The maximum absolute atomic E-state index is 13.3. The van der Waals surface area contributed by atoms with E-state index in [1.807, 2.05) is 26.0 Å². The van der Waals surface area contributed by atoms with Crippen molar-refractivity contribution in [3.05, 3.63) is 60.4 Å². The van der Waals surface area contributed by atoms with E-state index in [1.165, 1.54) is 16.6 Å². The summed E-state index contributed by atoms with van der Waals surface area (Å²) >= 11 is 0. The number of amides is 2. The molecule has 2 amide bonds. The van der Waals surface area contributed by atoms with Gasteiger partial charge in [0.25, 0.3) is 15.9 Å². The summed E-state index contributed by atoms with van der Waals surface area (Å²) in [5.74, 6) is -0.653. The third-order valence-corrected chi connectivity index (χ3v) is 8.28. The van der Waals surface area contributed by atoms with Gasteiger partial charge in [-0.3, -0.25) is 9.59 Å². The molecular formula is C26H33N5O5S. The molecule has 3 atom stereocenters. The maximum Gasteiger partial charge on any atom is 0.260 e. The Hall–Kier alpha value is -3.28. The van der Waals surface area contributed by atoms with E-state index in [2.05, 4.69) is 20.6 Å². The van der Waals surface area contributed by atoms with Crippen LogP contribution in [0, 0.1) is 5.92 Å². The first kappa shape index (κ1) is 26.8. The summed E-state index contributed by atoms with van der Waals surface area (Å²) in [6.45, 7) is 3.95. The number of hydrogen-bond donors (Lipinski definition) is 4. The molecule has 0 radical (unpaired) electrons. The summed E-state index contributed by atoms with van der Waals surface area (Å²) in [6.07, 6.45) is 3.34. The number of carbonyl (C=O) groups excluding carboxylic acids is 2. The van der Waals surface area contributed by atoms with Crippen LogP contribution < -0.4 is 10.6 Å². The van der Waals surface area contributed by atoms with Crippen LogP contribution in [0.1, 0.15) is 43.5 Å². The highest BCUT2D eigenvalue weighted by Gasteiger charge is 2.35. The molecule has 1 aliphatic rings. The average Bonchev–Trinajstić information content (AvgIpc) is 3.27. The van der Waals surface area contributed by atoms with E-state index in [0.717, 1.165) is 10.9 Å². The second kappa shape index (κ2) is 11.4. The van der Waals surface area contributed by atoms with E-state index < -0.39 is 34.1 Å².